The minimum absolute atomic E-state index is 0. The molecule has 0 spiro atoms. The van der Waals surface area contributed by atoms with Crippen LogP contribution in [-0.2, 0) is 13.6 Å². The second kappa shape index (κ2) is 10.8. The number of hydrogen-bond donors (Lipinski definition) is 0. The first-order chi connectivity index (χ1) is 10.6. The molecule has 0 fully saturated rings. The summed E-state index contributed by atoms with van der Waals surface area (Å²) < 4.78 is 21.0. The molecule has 0 aliphatic carbocycles. The van der Waals surface area contributed by atoms with E-state index in [9.17, 15) is 9.46 Å². The van der Waals surface area contributed by atoms with E-state index in [4.69, 9.17) is 4.52 Å². The van der Waals surface area contributed by atoms with Gasteiger partial charge in [0.1, 0.15) is 0 Å². The maximum atomic E-state index is 11.5. The van der Waals surface area contributed by atoms with Crippen molar-refractivity contribution in [2.24, 2.45) is 0 Å². The van der Waals surface area contributed by atoms with Crippen molar-refractivity contribution in [3.8, 4) is 0 Å². The predicted octanol–water partition coefficient (Wildman–Crippen LogP) is -0.355. The summed E-state index contributed by atoms with van der Waals surface area (Å²) in [6, 6.07) is 20.2. The zero-order valence-electron chi connectivity index (χ0n) is 13.4. The van der Waals surface area contributed by atoms with Gasteiger partial charge in [-0.05, 0) is 31.6 Å². The van der Waals surface area contributed by atoms with Crippen molar-refractivity contribution in [1.29, 1.82) is 0 Å². The summed E-state index contributed by atoms with van der Waals surface area (Å²) in [5, 5.41) is 2.40. The van der Waals surface area contributed by atoms with Gasteiger partial charge in [0.15, 0.2) is 0 Å². The van der Waals surface area contributed by atoms with Gasteiger partial charge in [-0.25, -0.2) is 0 Å². The van der Waals surface area contributed by atoms with E-state index in [1.807, 2.05) is 36.4 Å². The molecule has 0 saturated heterocycles. The molecular weight excluding hydrogens is 341 g/mol. The summed E-state index contributed by atoms with van der Waals surface area (Å²) in [6.07, 6.45) is 0.628. The topological polar surface area (TPSA) is 58.6 Å². The molecule has 0 bridgehead atoms. The molecule has 0 N–H and O–H groups in total. The Morgan fingerprint density at radius 2 is 1.43 bits per heavy atom. The summed E-state index contributed by atoms with van der Waals surface area (Å²) in [6.45, 7) is 1.83. The molecule has 118 valence electrons. The van der Waals surface area contributed by atoms with E-state index in [1.54, 1.807) is 6.92 Å². The molecule has 23 heavy (non-hydrogen) atoms. The molecule has 0 aliphatic heterocycles. The quantitative estimate of drug-likeness (QED) is 0.477. The predicted molar refractivity (Wildman–Crippen MR) is 89.1 cm³/mol. The first kappa shape index (κ1) is 21.0. The van der Waals surface area contributed by atoms with Crippen LogP contribution in [0.5, 0.6) is 0 Å². The normalized spacial score (nSPS) is 13.3. The van der Waals surface area contributed by atoms with Gasteiger partial charge in [0.2, 0.25) is 0 Å². The molecule has 0 amide bonds. The number of phosphoric acid groups is 1. The first-order valence-corrected chi connectivity index (χ1v) is 10.1. The van der Waals surface area contributed by atoms with Crippen LogP contribution in [0.4, 0.5) is 0 Å². The fourth-order valence-electron chi connectivity index (χ4n) is 2.06. The summed E-state index contributed by atoms with van der Waals surface area (Å²) >= 11 is 0. The molecule has 0 aliphatic rings. The van der Waals surface area contributed by atoms with Crippen molar-refractivity contribution in [1.82, 2.24) is 0 Å². The van der Waals surface area contributed by atoms with Crippen LogP contribution in [-0.4, -0.2) is 19.4 Å². The number of rotatable bonds is 8. The van der Waals surface area contributed by atoms with Crippen LogP contribution in [0.3, 0.4) is 0 Å². The summed E-state index contributed by atoms with van der Waals surface area (Å²) in [4.78, 5) is 11.5. The molecule has 1 atom stereocenters. The molecule has 0 heterocycles. The van der Waals surface area contributed by atoms with Crippen molar-refractivity contribution in [3.05, 3.63) is 60.7 Å². The number of benzene rings is 2. The van der Waals surface area contributed by atoms with E-state index < -0.39 is 15.7 Å². The van der Waals surface area contributed by atoms with Crippen LogP contribution < -0.4 is 45.1 Å². The van der Waals surface area contributed by atoms with Crippen LogP contribution >= 0.6 is 15.7 Å². The maximum Gasteiger partial charge on any atom is 1.00 e. The molecule has 0 saturated carbocycles. The Kier molecular flexibility index (Phi) is 9.84. The van der Waals surface area contributed by atoms with Gasteiger partial charge in [-0.2, -0.15) is 0 Å². The zero-order chi connectivity index (χ0) is 15.8. The largest absolute Gasteiger partial charge is 1.00 e. The minimum atomic E-state index is -4.17. The molecule has 2 aromatic rings. The Morgan fingerprint density at radius 3 is 1.87 bits per heavy atom. The third kappa shape index (κ3) is 7.17. The molecular formula is C16H19NaO4P2. The molecule has 1 unspecified atom stereocenters. The third-order valence-electron chi connectivity index (χ3n) is 2.99. The van der Waals surface area contributed by atoms with E-state index in [0.717, 1.165) is 0 Å². The van der Waals surface area contributed by atoms with Crippen molar-refractivity contribution in [2.45, 2.75) is 6.92 Å². The van der Waals surface area contributed by atoms with Crippen LogP contribution in [0.2, 0.25) is 0 Å². The smallest absolute Gasteiger partial charge is 0.756 e. The first-order valence-electron chi connectivity index (χ1n) is 7.10. The van der Waals surface area contributed by atoms with Crippen molar-refractivity contribution < 1.29 is 48.1 Å². The maximum absolute atomic E-state index is 11.5. The van der Waals surface area contributed by atoms with Crippen LogP contribution in [0.15, 0.2) is 60.7 Å². The van der Waals surface area contributed by atoms with Crippen molar-refractivity contribution in [2.75, 3.05) is 19.4 Å². The van der Waals surface area contributed by atoms with Gasteiger partial charge in [0.05, 0.1) is 13.2 Å². The zero-order valence-corrected chi connectivity index (χ0v) is 17.2. The fraction of sp³-hybridized carbons (Fsp3) is 0.250. The molecule has 2 aromatic carbocycles. The monoisotopic (exact) mass is 360 g/mol. The van der Waals surface area contributed by atoms with Gasteiger partial charge in [0, 0.05) is 0 Å². The Bertz CT molecular complexity index is 570. The van der Waals surface area contributed by atoms with E-state index in [1.165, 1.54) is 10.6 Å². The van der Waals surface area contributed by atoms with Gasteiger partial charge in [0.25, 0.3) is 7.82 Å². The van der Waals surface area contributed by atoms with E-state index in [-0.39, 0.29) is 42.8 Å². The van der Waals surface area contributed by atoms with Crippen molar-refractivity contribution >= 4 is 26.4 Å². The Morgan fingerprint density at radius 1 is 0.957 bits per heavy atom. The third-order valence-corrected chi connectivity index (χ3v) is 6.53. The number of phosphoric ester groups is 1. The Labute approximate surface area is 160 Å². The summed E-state index contributed by atoms with van der Waals surface area (Å²) in [7, 11) is -4.83. The average molecular weight is 360 g/mol. The number of hydrogen-bond acceptors (Lipinski definition) is 4. The molecule has 0 radical (unpaired) electrons. The Hall–Kier alpha value is -0.0200. The Balaban J connectivity index is 0.00000264. The standard InChI is InChI=1S/C16H20O4P2.Na/c1-2-19-22(17,18)20-13-14-21(15-9-5-3-6-10-15)16-11-7-4-8-12-16;/h3-12H,2,13-14H2,1H3,(H,17,18);/q;+1/p-1. The van der Waals surface area contributed by atoms with Crippen LogP contribution in [0, 0.1) is 0 Å². The van der Waals surface area contributed by atoms with E-state index in [2.05, 4.69) is 28.8 Å². The average Bonchev–Trinajstić information content (AvgIpc) is 2.53. The second-order valence-electron chi connectivity index (χ2n) is 4.52. The van der Waals surface area contributed by atoms with Gasteiger partial charge >= 0.3 is 29.6 Å². The van der Waals surface area contributed by atoms with E-state index >= 15 is 0 Å². The van der Waals surface area contributed by atoms with Gasteiger partial charge in [-0.1, -0.05) is 60.7 Å². The molecule has 7 heteroatoms. The molecule has 2 rings (SSSR count). The van der Waals surface area contributed by atoms with Crippen molar-refractivity contribution in [3.63, 3.8) is 0 Å². The van der Waals surface area contributed by atoms with Gasteiger partial charge in [-0.3, -0.25) is 4.57 Å². The summed E-state index contributed by atoms with van der Waals surface area (Å²) in [5.74, 6) is 0. The van der Waals surface area contributed by atoms with Gasteiger partial charge in [-0.15, -0.1) is 0 Å². The SMILES string of the molecule is CCOP(=O)([O-])OCCP(c1ccccc1)c1ccccc1.[Na+]. The minimum Gasteiger partial charge on any atom is -0.756 e. The molecule has 0 aromatic heterocycles. The second-order valence-corrected chi connectivity index (χ2v) is 8.27. The molecule has 4 nitrogen and oxygen atoms in total. The summed E-state index contributed by atoms with van der Waals surface area (Å²) in [5.41, 5.74) is 0. The fourth-order valence-corrected chi connectivity index (χ4v) is 5.06. The van der Waals surface area contributed by atoms with Crippen LogP contribution in [0.25, 0.3) is 0 Å². The van der Waals surface area contributed by atoms with Crippen LogP contribution in [0.1, 0.15) is 6.92 Å². The van der Waals surface area contributed by atoms with E-state index in [0.29, 0.717) is 6.16 Å². The van der Waals surface area contributed by atoms with Gasteiger partial charge < -0.3 is 13.9 Å².